The second-order valence-electron chi connectivity index (χ2n) is 7.22. The van der Waals surface area contributed by atoms with E-state index in [1.54, 1.807) is 7.11 Å². The summed E-state index contributed by atoms with van der Waals surface area (Å²) in [5.74, 6) is 0.809. The monoisotopic (exact) mass is 400 g/mol. The van der Waals surface area contributed by atoms with Gasteiger partial charge in [0.25, 0.3) is 0 Å². The molecule has 1 aromatic carbocycles. The third-order valence-corrected chi connectivity index (χ3v) is 6.26. The lowest BCUT2D eigenvalue weighted by Gasteiger charge is -2.25. The topological polar surface area (TPSA) is 83.6 Å². The first-order valence-electron chi connectivity index (χ1n) is 9.57. The summed E-state index contributed by atoms with van der Waals surface area (Å²) in [4.78, 5) is 32.4. The Hall–Kier alpha value is -2.45. The van der Waals surface area contributed by atoms with Crippen molar-refractivity contribution >= 4 is 34.0 Å². The minimum atomic E-state index is -0.0732. The number of benzene rings is 1. The van der Waals surface area contributed by atoms with Gasteiger partial charge in [-0.1, -0.05) is 18.6 Å². The minimum absolute atomic E-state index is 0.0732. The van der Waals surface area contributed by atoms with Crippen molar-refractivity contribution in [3.63, 3.8) is 0 Å². The average Bonchev–Trinajstić information content (AvgIpc) is 3.01. The Kier molecular flexibility index (Phi) is 5.59. The van der Waals surface area contributed by atoms with Gasteiger partial charge < -0.3 is 15.4 Å². The first kappa shape index (κ1) is 18.9. The highest BCUT2D eigenvalue weighted by molar-refractivity contribution is 7.15. The zero-order valence-electron chi connectivity index (χ0n) is 15.9. The standard InChI is InChI=1S/C20H24N4O3S/c1-27-16-8-3-2-7-14(16)21-18(25)12-24-10-9-15-17(11-24)28-20(22-15)23-19(26)13-5-4-6-13/h2-3,7-8,13H,4-6,9-12H2,1H3,(H,21,25)(H,22,23,26). The molecule has 1 fully saturated rings. The van der Waals surface area contributed by atoms with E-state index in [2.05, 4.69) is 20.5 Å². The number of methoxy groups -OCH3 is 1. The number of thiazole rings is 1. The average molecular weight is 401 g/mol. The number of ether oxygens (including phenoxy) is 1. The minimum Gasteiger partial charge on any atom is -0.495 e. The third-order valence-electron chi connectivity index (χ3n) is 5.26. The molecular weight excluding hydrogens is 376 g/mol. The van der Waals surface area contributed by atoms with Gasteiger partial charge in [0.15, 0.2) is 5.13 Å². The van der Waals surface area contributed by atoms with E-state index < -0.39 is 0 Å². The van der Waals surface area contributed by atoms with E-state index in [1.807, 2.05) is 24.3 Å². The van der Waals surface area contributed by atoms with Crippen LogP contribution in [0.1, 0.15) is 29.8 Å². The van der Waals surface area contributed by atoms with E-state index in [-0.39, 0.29) is 17.7 Å². The summed E-state index contributed by atoms with van der Waals surface area (Å²) in [6.45, 7) is 1.75. The summed E-state index contributed by atoms with van der Waals surface area (Å²) >= 11 is 1.52. The third kappa shape index (κ3) is 4.18. The molecule has 0 saturated heterocycles. The lowest BCUT2D eigenvalue weighted by Crippen LogP contribution is -2.36. The van der Waals surface area contributed by atoms with Crippen LogP contribution in [0.25, 0.3) is 0 Å². The second-order valence-corrected chi connectivity index (χ2v) is 8.30. The first-order chi connectivity index (χ1) is 13.6. The molecule has 0 radical (unpaired) electrons. The normalized spacial score (nSPS) is 16.8. The summed E-state index contributed by atoms with van der Waals surface area (Å²) in [5, 5.41) is 6.56. The van der Waals surface area contributed by atoms with Gasteiger partial charge >= 0.3 is 0 Å². The van der Waals surface area contributed by atoms with Crippen molar-refractivity contribution in [2.24, 2.45) is 5.92 Å². The highest BCUT2D eigenvalue weighted by Gasteiger charge is 2.27. The fourth-order valence-electron chi connectivity index (χ4n) is 3.46. The predicted octanol–water partition coefficient (Wildman–Crippen LogP) is 2.89. The number of nitrogens with zero attached hydrogens (tertiary/aromatic N) is 2. The number of carbonyl (C=O) groups is 2. The van der Waals surface area contributed by atoms with Crippen LogP contribution in [0.15, 0.2) is 24.3 Å². The van der Waals surface area contributed by atoms with Gasteiger partial charge in [-0.3, -0.25) is 14.5 Å². The maximum atomic E-state index is 12.4. The maximum absolute atomic E-state index is 12.4. The molecule has 28 heavy (non-hydrogen) atoms. The van der Waals surface area contributed by atoms with Gasteiger partial charge in [0.2, 0.25) is 11.8 Å². The summed E-state index contributed by atoms with van der Waals surface area (Å²) in [6, 6.07) is 7.37. The number of rotatable bonds is 6. The number of hydrogen-bond donors (Lipinski definition) is 2. The highest BCUT2D eigenvalue weighted by Crippen LogP contribution is 2.31. The molecule has 1 aromatic heterocycles. The van der Waals surface area contributed by atoms with E-state index in [0.717, 1.165) is 42.8 Å². The quantitative estimate of drug-likeness (QED) is 0.779. The van der Waals surface area contributed by atoms with Crippen LogP contribution >= 0.6 is 11.3 Å². The van der Waals surface area contributed by atoms with Gasteiger partial charge in [-0.05, 0) is 25.0 Å². The molecule has 0 spiro atoms. The van der Waals surface area contributed by atoms with E-state index >= 15 is 0 Å². The smallest absolute Gasteiger partial charge is 0.238 e. The van der Waals surface area contributed by atoms with E-state index in [0.29, 0.717) is 29.7 Å². The largest absolute Gasteiger partial charge is 0.495 e. The lowest BCUT2D eigenvalue weighted by atomic mass is 9.85. The van der Waals surface area contributed by atoms with Crippen LogP contribution < -0.4 is 15.4 Å². The molecule has 1 aliphatic carbocycles. The number of aromatic nitrogens is 1. The number of fused-ring (bicyclic) bond motifs is 1. The maximum Gasteiger partial charge on any atom is 0.238 e. The fourth-order valence-corrected chi connectivity index (χ4v) is 4.51. The van der Waals surface area contributed by atoms with Crippen LogP contribution in [0.5, 0.6) is 5.75 Å². The zero-order chi connectivity index (χ0) is 19.5. The summed E-state index contributed by atoms with van der Waals surface area (Å²) in [5.41, 5.74) is 1.71. The molecule has 7 nitrogen and oxygen atoms in total. The molecule has 2 N–H and O–H groups in total. The van der Waals surface area contributed by atoms with Crippen molar-refractivity contribution in [1.82, 2.24) is 9.88 Å². The van der Waals surface area contributed by atoms with Gasteiger partial charge in [0.1, 0.15) is 5.75 Å². The fraction of sp³-hybridized carbons (Fsp3) is 0.450. The Bertz CT molecular complexity index is 878. The molecule has 1 saturated carbocycles. The molecule has 0 bridgehead atoms. The van der Waals surface area contributed by atoms with Gasteiger partial charge in [0, 0.05) is 30.3 Å². The van der Waals surface area contributed by atoms with Crippen molar-refractivity contribution in [1.29, 1.82) is 0 Å². The molecule has 4 rings (SSSR count). The van der Waals surface area contributed by atoms with Crippen LogP contribution in [0.4, 0.5) is 10.8 Å². The molecule has 0 atom stereocenters. The number of para-hydroxylation sites is 2. The molecule has 2 heterocycles. The predicted molar refractivity (Wildman–Crippen MR) is 109 cm³/mol. The lowest BCUT2D eigenvalue weighted by molar-refractivity contribution is -0.122. The Morgan fingerprint density at radius 3 is 2.86 bits per heavy atom. The zero-order valence-corrected chi connectivity index (χ0v) is 16.7. The number of anilines is 2. The molecule has 1 aliphatic heterocycles. The van der Waals surface area contributed by atoms with Crippen LogP contribution in [-0.2, 0) is 22.6 Å². The van der Waals surface area contributed by atoms with Crippen molar-refractivity contribution in [3.05, 3.63) is 34.8 Å². The molecule has 0 unspecified atom stereocenters. The highest BCUT2D eigenvalue weighted by atomic mass is 32.1. The van der Waals surface area contributed by atoms with Gasteiger partial charge in [-0.15, -0.1) is 11.3 Å². The van der Waals surface area contributed by atoms with Crippen molar-refractivity contribution in [2.45, 2.75) is 32.2 Å². The number of amides is 2. The summed E-state index contributed by atoms with van der Waals surface area (Å²) < 4.78 is 5.28. The molecule has 2 amide bonds. The van der Waals surface area contributed by atoms with Gasteiger partial charge in [-0.25, -0.2) is 4.98 Å². The molecular formula is C20H24N4O3S. The Morgan fingerprint density at radius 2 is 2.11 bits per heavy atom. The van der Waals surface area contributed by atoms with Crippen LogP contribution in [0, 0.1) is 5.92 Å². The molecule has 2 aliphatic rings. The Morgan fingerprint density at radius 1 is 1.29 bits per heavy atom. The first-order valence-corrected chi connectivity index (χ1v) is 10.4. The number of carbonyl (C=O) groups excluding carboxylic acids is 2. The van der Waals surface area contributed by atoms with E-state index in [4.69, 9.17) is 4.74 Å². The van der Waals surface area contributed by atoms with Crippen LogP contribution in [0.2, 0.25) is 0 Å². The van der Waals surface area contributed by atoms with Crippen molar-refractivity contribution in [3.8, 4) is 5.75 Å². The van der Waals surface area contributed by atoms with Crippen LogP contribution in [0.3, 0.4) is 0 Å². The number of nitrogens with one attached hydrogen (secondary N) is 2. The second kappa shape index (κ2) is 8.28. The Balaban J connectivity index is 1.33. The van der Waals surface area contributed by atoms with E-state index in [9.17, 15) is 9.59 Å². The number of hydrogen-bond acceptors (Lipinski definition) is 6. The summed E-state index contributed by atoms with van der Waals surface area (Å²) in [6.07, 6.45) is 3.88. The van der Waals surface area contributed by atoms with Gasteiger partial charge in [-0.2, -0.15) is 0 Å². The van der Waals surface area contributed by atoms with E-state index in [1.165, 1.54) is 11.3 Å². The van der Waals surface area contributed by atoms with Crippen molar-refractivity contribution in [2.75, 3.05) is 30.8 Å². The van der Waals surface area contributed by atoms with Gasteiger partial charge in [0.05, 0.1) is 25.0 Å². The Labute approximate surface area is 168 Å². The van der Waals surface area contributed by atoms with Crippen molar-refractivity contribution < 1.29 is 14.3 Å². The van der Waals surface area contributed by atoms with Crippen LogP contribution in [-0.4, -0.2) is 41.9 Å². The molecule has 148 valence electrons. The SMILES string of the molecule is COc1ccccc1NC(=O)CN1CCc2nc(NC(=O)C3CCC3)sc2C1. The summed E-state index contributed by atoms with van der Waals surface area (Å²) in [7, 11) is 1.59. The molecule has 2 aromatic rings. The molecule has 8 heteroatoms.